The smallest absolute Gasteiger partial charge is 0.236 e. The molecule has 3 aliphatic heterocycles. The summed E-state index contributed by atoms with van der Waals surface area (Å²) in [4.78, 5) is 31.5. The van der Waals surface area contributed by atoms with E-state index in [1.165, 1.54) is 0 Å². The van der Waals surface area contributed by atoms with E-state index in [0.29, 0.717) is 58.7 Å². The Hall–Kier alpha value is -2.38. The summed E-state index contributed by atoms with van der Waals surface area (Å²) < 4.78 is 6.01. The van der Waals surface area contributed by atoms with Gasteiger partial charge in [-0.2, -0.15) is 0 Å². The Morgan fingerprint density at radius 1 is 1.16 bits per heavy atom. The van der Waals surface area contributed by atoms with E-state index in [-0.39, 0.29) is 23.7 Å². The second-order valence-electron chi connectivity index (χ2n) is 9.06. The highest BCUT2D eigenvalue weighted by Crippen LogP contribution is 2.30. The van der Waals surface area contributed by atoms with Gasteiger partial charge in [-0.15, -0.1) is 0 Å². The molecule has 4 rings (SSSR count). The number of benzene rings is 1. The molecule has 168 valence electrons. The number of fused-ring (bicyclic) bond motifs is 3. The molecule has 3 heterocycles. The Kier molecular flexibility index (Phi) is 6.92. The summed E-state index contributed by atoms with van der Waals surface area (Å²) >= 11 is 0. The molecule has 3 aliphatic rings. The van der Waals surface area contributed by atoms with Crippen LogP contribution in [0.1, 0.15) is 24.8 Å². The van der Waals surface area contributed by atoms with Gasteiger partial charge in [0, 0.05) is 44.7 Å². The van der Waals surface area contributed by atoms with E-state index in [1.807, 2.05) is 47.2 Å². The largest absolute Gasteiger partial charge is 0.489 e. The molecule has 2 bridgehead atoms. The maximum absolute atomic E-state index is 12.9. The number of aliphatic hydroxyl groups excluding tert-OH is 1. The number of rotatable bonds is 2. The minimum Gasteiger partial charge on any atom is -0.489 e. The summed E-state index contributed by atoms with van der Waals surface area (Å²) in [5.41, 5.74) is 1.07. The fraction of sp³-hybridized carbons (Fsp3) is 0.583. The minimum atomic E-state index is -0.398. The van der Waals surface area contributed by atoms with Crippen molar-refractivity contribution in [1.29, 1.82) is 0 Å². The van der Waals surface area contributed by atoms with Gasteiger partial charge in [-0.25, -0.2) is 0 Å². The minimum absolute atomic E-state index is 0.113. The third-order valence-corrected chi connectivity index (χ3v) is 6.65. The van der Waals surface area contributed by atoms with Crippen molar-refractivity contribution in [2.45, 2.75) is 31.9 Å². The van der Waals surface area contributed by atoms with Crippen molar-refractivity contribution in [2.75, 3.05) is 46.4 Å². The number of ether oxygens (including phenoxy) is 1. The molecule has 2 fully saturated rings. The zero-order valence-electron chi connectivity index (χ0n) is 18.3. The summed E-state index contributed by atoms with van der Waals surface area (Å²) in [6.07, 6.45) is 5.69. The maximum atomic E-state index is 12.9. The van der Waals surface area contributed by atoms with E-state index in [4.69, 9.17) is 4.74 Å². The van der Waals surface area contributed by atoms with Gasteiger partial charge in [0.1, 0.15) is 12.4 Å². The Balaban J connectivity index is 1.48. The maximum Gasteiger partial charge on any atom is 0.236 e. The number of carbonyl (C=O) groups excluding carboxylic acids is 2. The van der Waals surface area contributed by atoms with Crippen LogP contribution < -0.4 is 4.74 Å². The van der Waals surface area contributed by atoms with E-state index in [2.05, 4.69) is 6.08 Å². The number of nitrogens with zero attached hydrogens (tertiary/aromatic N) is 3. The molecule has 0 unspecified atom stereocenters. The highest BCUT2D eigenvalue weighted by molar-refractivity contribution is 5.79. The highest BCUT2D eigenvalue weighted by atomic mass is 16.5. The van der Waals surface area contributed by atoms with Crippen LogP contribution in [0.5, 0.6) is 5.75 Å². The monoisotopic (exact) mass is 427 g/mol. The van der Waals surface area contributed by atoms with Gasteiger partial charge in [0.25, 0.3) is 0 Å². The van der Waals surface area contributed by atoms with Gasteiger partial charge in [-0.1, -0.05) is 30.4 Å². The van der Waals surface area contributed by atoms with Crippen LogP contribution in [0.15, 0.2) is 36.4 Å². The van der Waals surface area contributed by atoms with Gasteiger partial charge in [-0.05, 0) is 37.8 Å². The summed E-state index contributed by atoms with van der Waals surface area (Å²) in [7, 11) is 1.96. The number of hydrogen-bond acceptors (Lipinski definition) is 5. The van der Waals surface area contributed by atoms with Crippen molar-refractivity contribution in [1.82, 2.24) is 14.7 Å². The Morgan fingerprint density at radius 3 is 2.81 bits per heavy atom. The summed E-state index contributed by atoms with van der Waals surface area (Å²) in [6, 6.07) is 7.95. The van der Waals surface area contributed by atoms with E-state index in [9.17, 15) is 14.7 Å². The van der Waals surface area contributed by atoms with Crippen LogP contribution in [0.4, 0.5) is 0 Å². The zero-order valence-corrected chi connectivity index (χ0v) is 18.3. The average molecular weight is 428 g/mol. The first-order valence-electron chi connectivity index (χ1n) is 11.3. The number of likely N-dealkylation sites (tertiary alicyclic amines) is 1. The van der Waals surface area contributed by atoms with Gasteiger partial charge in [0.05, 0.1) is 12.6 Å². The quantitative estimate of drug-likeness (QED) is 0.725. The van der Waals surface area contributed by atoms with E-state index in [0.717, 1.165) is 17.7 Å². The van der Waals surface area contributed by atoms with Crippen molar-refractivity contribution in [2.24, 2.45) is 11.8 Å². The average Bonchev–Trinajstić information content (AvgIpc) is 3.19. The lowest BCUT2D eigenvalue weighted by Crippen LogP contribution is -2.47. The molecule has 1 aromatic rings. The normalized spacial score (nSPS) is 28.7. The summed E-state index contributed by atoms with van der Waals surface area (Å²) in [5.74, 6) is 1.40. The lowest BCUT2D eigenvalue weighted by molar-refractivity contribution is -0.135. The zero-order chi connectivity index (χ0) is 21.8. The predicted molar refractivity (Wildman–Crippen MR) is 117 cm³/mol. The number of aliphatic hydroxyl groups is 1. The number of para-hydroxylation sites is 1. The van der Waals surface area contributed by atoms with Gasteiger partial charge >= 0.3 is 0 Å². The lowest BCUT2D eigenvalue weighted by Gasteiger charge is -2.38. The van der Waals surface area contributed by atoms with Crippen molar-refractivity contribution >= 4 is 11.8 Å². The summed E-state index contributed by atoms with van der Waals surface area (Å²) in [5, 5.41) is 9.75. The SMILES string of the molecule is CN1CC(=O)N2CC[C@@H](CC(=O)N3CC[C@@H](O)C3)[C@@H](/C=C/COc3ccccc3C1)C2. The molecule has 1 N–H and O–H groups in total. The Bertz CT molecular complexity index is 827. The van der Waals surface area contributed by atoms with Gasteiger partial charge in [-0.3, -0.25) is 14.5 Å². The van der Waals surface area contributed by atoms with Crippen LogP contribution in [0.2, 0.25) is 0 Å². The van der Waals surface area contributed by atoms with Gasteiger partial charge < -0.3 is 19.6 Å². The molecule has 0 aromatic heterocycles. The molecule has 0 aliphatic carbocycles. The molecule has 2 amide bonds. The third-order valence-electron chi connectivity index (χ3n) is 6.65. The molecule has 31 heavy (non-hydrogen) atoms. The third kappa shape index (κ3) is 5.46. The van der Waals surface area contributed by atoms with Gasteiger partial charge in [0.2, 0.25) is 11.8 Å². The number of β-amino-alcohol motifs (C(OH)–C–C–N with tert-alkyl or cyclic N) is 1. The number of likely N-dealkylation sites (N-methyl/N-ethyl adjacent to an activating group) is 1. The first-order valence-corrected chi connectivity index (χ1v) is 11.3. The topological polar surface area (TPSA) is 73.3 Å². The Labute approximate surface area is 184 Å². The molecule has 0 saturated carbocycles. The van der Waals surface area contributed by atoms with E-state index in [1.54, 1.807) is 4.90 Å². The van der Waals surface area contributed by atoms with Crippen molar-refractivity contribution in [3.63, 3.8) is 0 Å². The van der Waals surface area contributed by atoms with Crippen molar-refractivity contribution < 1.29 is 19.4 Å². The number of hydrogen-bond donors (Lipinski definition) is 1. The first kappa shape index (κ1) is 21.8. The van der Waals surface area contributed by atoms with Crippen molar-refractivity contribution in [3.8, 4) is 5.75 Å². The highest BCUT2D eigenvalue weighted by Gasteiger charge is 2.34. The first-order chi connectivity index (χ1) is 15.0. The lowest BCUT2D eigenvalue weighted by atomic mass is 9.82. The molecule has 7 nitrogen and oxygen atoms in total. The van der Waals surface area contributed by atoms with Crippen LogP contribution in [-0.4, -0.2) is 84.1 Å². The fourth-order valence-corrected chi connectivity index (χ4v) is 4.87. The second-order valence-corrected chi connectivity index (χ2v) is 9.06. The molecular weight excluding hydrogens is 394 g/mol. The molecule has 0 radical (unpaired) electrons. The van der Waals surface area contributed by atoms with Crippen LogP contribution in [0, 0.1) is 11.8 Å². The molecule has 0 spiro atoms. The number of piperidine rings is 1. The summed E-state index contributed by atoms with van der Waals surface area (Å²) in [6.45, 7) is 3.88. The molecule has 2 saturated heterocycles. The van der Waals surface area contributed by atoms with Crippen LogP contribution in [-0.2, 0) is 16.1 Å². The number of carbonyl (C=O) groups is 2. The fourth-order valence-electron chi connectivity index (χ4n) is 4.87. The second kappa shape index (κ2) is 9.83. The predicted octanol–water partition coefficient (Wildman–Crippen LogP) is 1.52. The van der Waals surface area contributed by atoms with Gasteiger partial charge in [0.15, 0.2) is 0 Å². The van der Waals surface area contributed by atoms with Crippen LogP contribution >= 0.6 is 0 Å². The van der Waals surface area contributed by atoms with Crippen LogP contribution in [0.3, 0.4) is 0 Å². The van der Waals surface area contributed by atoms with Crippen molar-refractivity contribution in [3.05, 3.63) is 42.0 Å². The number of amides is 2. The van der Waals surface area contributed by atoms with Crippen LogP contribution in [0.25, 0.3) is 0 Å². The molecule has 3 atom stereocenters. The van der Waals surface area contributed by atoms with E-state index >= 15 is 0 Å². The Morgan fingerprint density at radius 2 is 2.00 bits per heavy atom. The molecule has 7 heteroatoms. The standard InChI is InChI=1S/C24H33N3O4/c1-25-14-20-5-2-3-7-22(20)31-12-4-6-19-15-26(24(30)17-25)10-8-18(19)13-23(29)27-11-9-21(28)16-27/h2-7,18-19,21,28H,8-17H2,1H3/b6-4+/t18-,19-,21+/m0/s1. The molecular formula is C24H33N3O4. The van der Waals surface area contributed by atoms with E-state index < -0.39 is 6.10 Å². The molecule has 1 aromatic carbocycles.